The topological polar surface area (TPSA) is 49.4 Å². The van der Waals surface area contributed by atoms with E-state index in [4.69, 9.17) is 0 Å². The van der Waals surface area contributed by atoms with E-state index in [1.54, 1.807) is 17.0 Å². The molecule has 1 aromatic rings. The van der Waals surface area contributed by atoms with Crippen molar-refractivity contribution in [3.05, 3.63) is 29.8 Å². The Morgan fingerprint density at radius 1 is 1.35 bits per heavy atom. The standard InChI is InChI=1S/C16H22N2O2/c1-3-5-12(2)17-16(20)13-7-9-14(10-8-13)18-11-4-6-15(18)19/h7-10,12H,3-6,11H2,1-2H3,(H,17,20)/t12-/m0/s1. The smallest absolute Gasteiger partial charge is 0.251 e. The van der Waals surface area contributed by atoms with Gasteiger partial charge < -0.3 is 10.2 Å². The maximum absolute atomic E-state index is 12.0. The monoisotopic (exact) mass is 274 g/mol. The molecule has 1 heterocycles. The van der Waals surface area contributed by atoms with E-state index >= 15 is 0 Å². The van der Waals surface area contributed by atoms with E-state index < -0.39 is 0 Å². The molecule has 1 N–H and O–H groups in total. The van der Waals surface area contributed by atoms with Gasteiger partial charge in [-0.2, -0.15) is 0 Å². The third-order valence-corrected chi connectivity index (χ3v) is 3.61. The van der Waals surface area contributed by atoms with E-state index in [-0.39, 0.29) is 17.9 Å². The predicted octanol–water partition coefficient (Wildman–Crippen LogP) is 2.73. The fraction of sp³-hybridized carbons (Fsp3) is 0.500. The summed E-state index contributed by atoms with van der Waals surface area (Å²) in [4.78, 5) is 25.5. The van der Waals surface area contributed by atoms with Gasteiger partial charge in [0.2, 0.25) is 5.91 Å². The molecule has 1 aliphatic rings. The van der Waals surface area contributed by atoms with Crippen LogP contribution >= 0.6 is 0 Å². The van der Waals surface area contributed by atoms with E-state index in [9.17, 15) is 9.59 Å². The lowest BCUT2D eigenvalue weighted by atomic mass is 10.1. The summed E-state index contributed by atoms with van der Waals surface area (Å²) in [5.41, 5.74) is 1.52. The Hall–Kier alpha value is -1.84. The molecule has 0 radical (unpaired) electrons. The van der Waals surface area contributed by atoms with Crippen molar-refractivity contribution in [2.75, 3.05) is 11.4 Å². The Kier molecular flexibility index (Phi) is 4.77. The van der Waals surface area contributed by atoms with Crippen LogP contribution in [0.5, 0.6) is 0 Å². The highest BCUT2D eigenvalue weighted by atomic mass is 16.2. The van der Waals surface area contributed by atoms with E-state index in [1.165, 1.54) is 0 Å². The number of anilines is 1. The van der Waals surface area contributed by atoms with Gasteiger partial charge >= 0.3 is 0 Å². The van der Waals surface area contributed by atoms with Crippen LogP contribution in [0.4, 0.5) is 5.69 Å². The third-order valence-electron chi connectivity index (χ3n) is 3.61. The Balaban J connectivity index is 2.00. The second kappa shape index (κ2) is 6.55. The van der Waals surface area contributed by atoms with E-state index in [1.807, 2.05) is 19.1 Å². The van der Waals surface area contributed by atoms with E-state index in [0.717, 1.165) is 31.5 Å². The van der Waals surface area contributed by atoms with E-state index in [2.05, 4.69) is 12.2 Å². The minimum atomic E-state index is -0.0507. The van der Waals surface area contributed by atoms with Gasteiger partial charge in [0.1, 0.15) is 0 Å². The van der Waals surface area contributed by atoms with Gasteiger partial charge in [-0.25, -0.2) is 0 Å². The Labute approximate surface area is 120 Å². The Bertz CT molecular complexity index is 482. The highest BCUT2D eigenvalue weighted by molar-refractivity contribution is 5.97. The molecule has 0 aliphatic carbocycles. The van der Waals surface area contributed by atoms with Gasteiger partial charge in [-0.15, -0.1) is 0 Å². The first-order valence-electron chi connectivity index (χ1n) is 7.33. The molecule has 0 aromatic heterocycles. The Morgan fingerprint density at radius 3 is 2.60 bits per heavy atom. The number of nitrogens with one attached hydrogen (secondary N) is 1. The van der Waals surface area contributed by atoms with Gasteiger partial charge in [0.15, 0.2) is 0 Å². The molecule has 0 bridgehead atoms. The molecule has 1 fully saturated rings. The molecular formula is C16H22N2O2. The number of carbonyl (C=O) groups excluding carboxylic acids is 2. The van der Waals surface area contributed by atoms with Gasteiger partial charge in [-0.1, -0.05) is 13.3 Å². The van der Waals surface area contributed by atoms with Crippen molar-refractivity contribution in [1.82, 2.24) is 5.32 Å². The van der Waals surface area contributed by atoms with Crippen LogP contribution in [0.25, 0.3) is 0 Å². The molecule has 2 rings (SSSR count). The van der Waals surface area contributed by atoms with Crippen LogP contribution in [0, 0.1) is 0 Å². The second-order valence-corrected chi connectivity index (χ2v) is 5.36. The van der Waals surface area contributed by atoms with Crippen LogP contribution in [0.2, 0.25) is 0 Å². The van der Waals surface area contributed by atoms with Crippen molar-refractivity contribution in [3.8, 4) is 0 Å². The quantitative estimate of drug-likeness (QED) is 0.897. The summed E-state index contributed by atoms with van der Waals surface area (Å²) in [6.45, 7) is 4.89. The summed E-state index contributed by atoms with van der Waals surface area (Å²) in [5, 5.41) is 2.98. The lowest BCUT2D eigenvalue weighted by Gasteiger charge is -2.16. The molecule has 0 saturated carbocycles. The second-order valence-electron chi connectivity index (χ2n) is 5.36. The average Bonchev–Trinajstić information content (AvgIpc) is 2.85. The van der Waals surface area contributed by atoms with Crippen LogP contribution in [0.1, 0.15) is 49.9 Å². The number of hydrogen-bond acceptors (Lipinski definition) is 2. The number of nitrogens with zero attached hydrogens (tertiary/aromatic N) is 1. The molecule has 2 amide bonds. The average molecular weight is 274 g/mol. The first kappa shape index (κ1) is 14.6. The molecule has 1 aliphatic heterocycles. The highest BCUT2D eigenvalue weighted by Gasteiger charge is 2.21. The maximum atomic E-state index is 12.0. The zero-order chi connectivity index (χ0) is 14.5. The fourth-order valence-corrected chi connectivity index (χ4v) is 2.53. The summed E-state index contributed by atoms with van der Waals surface area (Å²) < 4.78 is 0. The molecule has 0 spiro atoms. The molecule has 1 atom stereocenters. The fourth-order valence-electron chi connectivity index (χ4n) is 2.53. The van der Waals surface area contributed by atoms with Crippen molar-refractivity contribution in [1.29, 1.82) is 0 Å². The molecule has 108 valence electrons. The SMILES string of the molecule is CCC[C@H](C)NC(=O)c1ccc(N2CCCC2=O)cc1. The molecule has 20 heavy (non-hydrogen) atoms. The van der Waals surface area contributed by atoms with Gasteiger partial charge in [-0.05, 0) is 44.0 Å². The van der Waals surface area contributed by atoms with Crippen molar-refractivity contribution in [2.24, 2.45) is 0 Å². The van der Waals surface area contributed by atoms with Gasteiger partial charge in [0, 0.05) is 30.3 Å². The third kappa shape index (κ3) is 3.38. The summed E-state index contributed by atoms with van der Waals surface area (Å²) in [7, 11) is 0. The Morgan fingerprint density at radius 2 is 2.05 bits per heavy atom. The van der Waals surface area contributed by atoms with Gasteiger partial charge in [0.05, 0.1) is 0 Å². The zero-order valence-electron chi connectivity index (χ0n) is 12.2. The van der Waals surface area contributed by atoms with Gasteiger partial charge in [0.25, 0.3) is 5.91 Å². The number of benzene rings is 1. The summed E-state index contributed by atoms with van der Waals surface area (Å²) in [6, 6.07) is 7.46. The lowest BCUT2D eigenvalue weighted by Crippen LogP contribution is -2.32. The maximum Gasteiger partial charge on any atom is 0.251 e. The van der Waals surface area contributed by atoms with Crippen LogP contribution in [-0.4, -0.2) is 24.4 Å². The normalized spacial score (nSPS) is 16.3. The largest absolute Gasteiger partial charge is 0.350 e. The predicted molar refractivity (Wildman–Crippen MR) is 79.9 cm³/mol. The molecule has 4 nitrogen and oxygen atoms in total. The van der Waals surface area contributed by atoms with Crippen molar-refractivity contribution in [2.45, 2.75) is 45.6 Å². The van der Waals surface area contributed by atoms with Crippen molar-refractivity contribution in [3.63, 3.8) is 0 Å². The first-order chi connectivity index (χ1) is 9.61. The van der Waals surface area contributed by atoms with Crippen LogP contribution < -0.4 is 10.2 Å². The number of carbonyl (C=O) groups is 2. The van der Waals surface area contributed by atoms with Crippen molar-refractivity contribution >= 4 is 17.5 Å². The van der Waals surface area contributed by atoms with Crippen LogP contribution in [0.3, 0.4) is 0 Å². The molecule has 1 saturated heterocycles. The van der Waals surface area contributed by atoms with Crippen LogP contribution in [-0.2, 0) is 4.79 Å². The highest BCUT2D eigenvalue weighted by Crippen LogP contribution is 2.21. The minimum absolute atomic E-state index is 0.0507. The van der Waals surface area contributed by atoms with Gasteiger partial charge in [-0.3, -0.25) is 9.59 Å². The lowest BCUT2D eigenvalue weighted by molar-refractivity contribution is -0.117. The summed E-state index contributed by atoms with van der Waals surface area (Å²) in [6.07, 6.45) is 3.57. The summed E-state index contributed by atoms with van der Waals surface area (Å²) in [5.74, 6) is 0.115. The molecule has 0 unspecified atom stereocenters. The minimum Gasteiger partial charge on any atom is -0.350 e. The summed E-state index contributed by atoms with van der Waals surface area (Å²) >= 11 is 0. The molecule has 1 aromatic carbocycles. The number of hydrogen-bond donors (Lipinski definition) is 1. The van der Waals surface area contributed by atoms with E-state index in [0.29, 0.717) is 12.0 Å². The van der Waals surface area contributed by atoms with Crippen LogP contribution in [0.15, 0.2) is 24.3 Å². The number of rotatable bonds is 5. The van der Waals surface area contributed by atoms with Crippen molar-refractivity contribution < 1.29 is 9.59 Å². The zero-order valence-corrected chi connectivity index (χ0v) is 12.2. The number of amides is 2. The molecular weight excluding hydrogens is 252 g/mol. The first-order valence-corrected chi connectivity index (χ1v) is 7.33. The molecule has 4 heteroatoms.